The minimum absolute atomic E-state index is 0.0540. The Morgan fingerprint density at radius 1 is 1.24 bits per heavy atom. The maximum atomic E-state index is 12.8. The lowest BCUT2D eigenvalue weighted by Gasteiger charge is -2.24. The fraction of sp³-hybridized carbons (Fsp3) is 0.286. The van der Waals surface area contributed by atoms with E-state index in [1.807, 2.05) is 54.4 Å². The van der Waals surface area contributed by atoms with Crippen LogP contribution in [0.4, 0.5) is 11.6 Å². The van der Waals surface area contributed by atoms with E-state index in [4.69, 9.17) is 0 Å². The molecule has 2 aromatic heterocycles. The number of rotatable bonds is 5. The predicted octanol–water partition coefficient (Wildman–Crippen LogP) is 4.49. The van der Waals surface area contributed by atoms with Crippen LogP contribution in [0.2, 0.25) is 0 Å². The van der Waals surface area contributed by atoms with Gasteiger partial charge in [-0.3, -0.25) is 4.79 Å². The lowest BCUT2D eigenvalue weighted by atomic mass is 10.1. The van der Waals surface area contributed by atoms with Crippen LogP contribution in [0.25, 0.3) is 10.6 Å². The van der Waals surface area contributed by atoms with E-state index in [1.54, 1.807) is 17.5 Å². The molecule has 0 aliphatic carbocycles. The van der Waals surface area contributed by atoms with Crippen molar-refractivity contribution in [3.8, 4) is 10.6 Å². The molecule has 1 atom stereocenters. The van der Waals surface area contributed by atoms with Gasteiger partial charge in [-0.15, -0.1) is 11.3 Å². The minimum atomic E-state index is 0.0540. The van der Waals surface area contributed by atoms with Crippen LogP contribution in [0.3, 0.4) is 0 Å². The van der Waals surface area contributed by atoms with Crippen LogP contribution < -0.4 is 5.32 Å². The average Bonchev–Trinajstić information content (AvgIpc) is 3.36. The Kier molecular flexibility index (Phi) is 5.94. The molecule has 1 saturated heterocycles. The number of likely N-dealkylation sites (N-methyl/N-ethyl adjacent to an activating group) is 2. The zero-order chi connectivity index (χ0) is 20.4. The van der Waals surface area contributed by atoms with Gasteiger partial charge in [-0.05, 0) is 78.4 Å². The summed E-state index contributed by atoms with van der Waals surface area (Å²) in [5.41, 5.74) is 2.40. The van der Waals surface area contributed by atoms with Gasteiger partial charge in [0.05, 0.1) is 14.4 Å². The van der Waals surface area contributed by atoms with Crippen LogP contribution in [0, 0.1) is 0 Å². The molecule has 3 heterocycles. The molecule has 150 valence electrons. The number of benzene rings is 1. The highest BCUT2D eigenvalue weighted by molar-refractivity contribution is 9.11. The molecule has 4 rings (SSSR count). The molecule has 1 amide bonds. The molecule has 3 aromatic rings. The van der Waals surface area contributed by atoms with Crippen molar-refractivity contribution in [3.05, 3.63) is 58.0 Å². The van der Waals surface area contributed by atoms with Gasteiger partial charge in [-0.1, -0.05) is 0 Å². The number of aromatic nitrogens is 2. The third kappa shape index (κ3) is 4.66. The molecule has 8 heteroatoms. The number of carbonyl (C=O) groups is 1. The van der Waals surface area contributed by atoms with E-state index in [0.29, 0.717) is 11.5 Å². The van der Waals surface area contributed by atoms with Crippen molar-refractivity contribution in [2.45, 2.75) is 12.5 Å². The van der Waals surface area contributed by atoms with Gasteiger partial charge in [0, 0.05) is 37.1 Å². The highest BCUT2D eigenvalue weighted by Crippen LogP contribution is 2.30. The van der Waals surface area contributed by atoms with Crippen molar-refractivity contribution in [3.63, 3.8) is 0 Å². The van der Waals surface area contributed by atoms with E-state index in [-0.39, 0.29) is 11.9 Å². The standard InChI is InChI=1S/C21H22BrN5OS/c1-26-12-10-16(13-26)27(2)20(28)14-3-5-15(6-4-14)24-21-23-11-9-17(25-21)18-7-8-19(22)29-18/h3-9,11,16H,10,12-13H2,1-2H3,(H,23,24,25). The number of anilines is 2. The van der Waals surface area contributed by atoms with Gasteiger partial charge in [-0.25, -0.2) is 9.97 Å². The summed E-state index contributed by atoms with van der Waals surface area (Å²) < 4.78 is 1.06. The molecule has 6 nitrogen and oxygen atoms in total. The van der Waals surface area contributed by atoms with E-state index in [0.717, 1.165) is 39.6 Å². The van der Waals surface area contributed by atoms with Crippen molar-refractivity contribution in [2.24, 2.45) is 0 Å². The Balaban J connectivity index is 1.44. The molecule has 1 unspecified atom stereocenters. The molecule has 0 spiro atoms. The number of halogens is 1. The second-order valence-electron chi connectivity index (χ2n) is 7.19. The molecule has 1 aliphatic heterocycles. The largest absolute Gasteiger partial charge is 0.337 e. The lowest BCUT2D eigenvalue weighted by molar-refractivity contribution is 0.0737. The first-order valence-electron chi connectivity index (χ1n) is 9.41. The number of nitrogens with zero attached hydrogens (tertiary/aromatic N) is 4. The average molecular weight is 472 g/mol. The lowest BCUT2D eigenvalue weighted by Crippen LogP contribution is -2.38. The van der Waals surface area contributed by atoms with Crippen molar-refractivity contribution in [1.29, 1.82) is 0 Å². The molecule has 29 heavy (non-hydrogen) atoms. The number of likely N-dealkylation sites (tertiary alicyclic amines) is 1. The Labute approximate surface area is 182 Å². The SMILES string of the molecule is CN1CCC(N(C)C(=O)c2ccc(Nc3nccc(-c4ccc(Br)s4)n3)cc2)C1. The molecule has 1 aliphatic rings. The monoisotopic (exact) mass is 471 g/mol. The summed E-state index contributed by atoms with van der Waals surface area (Å²) in [5.74, 6) is 0.579. The second-order valence-corrected chi connectivity index (χ2v) is 9.66. The molecular formula is C21H22BrN5OS. The number of hydrogen-bond acceptors (Lipinski definition) is 6. The van der Waals surface area contributed by atoms with Gasteiger partial charge < -0.3 is 15.1 Å². The van der Waals surface area contributed by atoms with Gasteiger partial charge in [0.15, 0.2) is 0 Å². The number of carbonyl (C=O) groups excluding carboxylic acids is 1. The molecule has 0 saturated carbocycles. The Morgan fingerprint density at radius 2 is 2.03 bits per heavy atom. The van der Waals surface area contributed by atoms with Crippen molar-refractivity contribution in [1.82, 2.24) is 19.8 Å². The Hall–Kier alpha value is -2.29. The molecule has 1 N–H and O–H groups in total. The summed E-state index contributed by atoms with van der Waals surface area (Å²) in [6.07, 6.45) is 2.76. The molecule has 1 aromatic carbocycles. The highest BCUT2D eigenvalue weighted by Gasteiger charge is 2.26. The Morgan fingerprint density at radius 3 is 2.69 bits per heavy atom. The summed E-state index contributed by atoms with van der Waals surface area (Å²) in [7, 11) is 3.98. The van der Waals surface area contributed by atoms with Gasteiger partial charge in [0.2, 0.25) is 5.95 Å². The summed E-state index contributed by atoms with van der Waals surface area (Å²) in [6.45, 7) is 1.96. The third-order valence-electron chi connectivity index (χ3n) is 5.10. The minimum Gasteiger partial charge on any atom is -0.337 e. The van der Waals surface area contributed by atoms with Crippen molar-refractivity contribution >= 4 is 44.8 Å². The number of amides is 1. The topological polar surface area (TPSA) is 61.4 Å². The third-order valence-corrected chi connectivity index (χ3v) is 6.75. The molecule has 0 radical (unpaired) electrons. The van der Waals surface area contributed by atoms with E-state index >= 15 is 0 Å². The van der Waals surface area contributed by atoms with Crippen molar-refractivity contribution < 1.29 is 4.79 Å². The van der Waals surface area contributed by atoms with Crippen LogP contribution in [-0.2, 0) is 0 Å². The Bertz CT molecular complexity index is 1010. The summed E-state index contributed by atoms with van der Waals surface area (Å²) >= 11 is 5.11. The number of nitrogens with one attached hydrogen (secondary N) is 1. The van der Waals surface area contributed by atoms with Gasteiger partial charge in [0.1, 0.15) is 0 Å². The van der Waals surface area contributed by atoms with E-state index in [2.05, 4.69) is 43.2 Å². The normalized spacial score (nSPS) is 16.7. The fourth-order valence-electron chi connectivity index (χ4n) is 3.43. The molecular weight excluding hydrogens is 450 g/mol. The second kappa shape index (κ2) is 8.61. The summed E-state index contributed by atoms with van der Waals surface area (Å²) in [6, 6.07) is 13.7. The van der Waals surface area contributed by atoms with E-state index < -0.39 is 0 Å². The molecule has 0 bridgehead atoms. The predicted molar refractivity (Wildman–Crippen MR) is 121 cm³/mol. The molecule has 1 fully saturated rings. The van der Waals surface area contributed by atoms with Gasteiger partial charge >= 0.3 is 0 Å². The van der Waals surface area contributed by atoms with E-state index in [1.165, 1.54) is 0 Å². The highest BCUT2D eigenvalue weighted by atomic mass is 79.9. The maximum Gasteiger partial charge on any atom is 0.253 e. The van der Waals surface area contributed by atoms with E-state index in [9.17, 15) is 4.79 Å². The quantitative estimate of drug-likeness (QED) is 0.593. The number of hydrogen-bond donors (Lipinski definition) is 1. The van der Waals surface area contributed by atoms with Crippen molar-refractivity contribution in [2.75, 3.05) is 32.5 Å². The van der Waals surface area contributed by atoms with Crippen LogP contribution in [0.15, 0.2) is 52.4 Å². The summed E-state index contributed by atoms with van der Waals surface area (Å²) in [4.78, 5) is 26.8. The maximum absolute atomic E-state index is 12.8. The smallest absolute Gasteiger partial charge is 0.253 e. The first-order chi connectivity index (χ1) is 14.0. The van der Waals surface area contributed by atoms with Crippen LogP contribution in [0.5, 0.6) is 0 Å². The first kappa shape index (κ1) is 20.0. The zero-order valence-electron chi connectivity index (χ0n) is 16.3. The van der Waals surface area contributed by atoms with Crippen LogP contribution >= 0.6 is 27.3 Å². The van der Waals surface area contributed by atoms with Crippen LogP contribution in [0.1, 0.15) is 16.8 Å². The van der Waals surface area contributed by atoms with Gasteiger partial charge in [0.25, 0.3) is 5.91 Å². The zero-order valence-corrected chi connectivity index (χ0v) is 18.7. The summed E-state index contributed by atoms with van der Waals surface area (Å²) in [5, 5.41) is 3.22. The van der Waals surface area contributed by atoms with Gasteiger partial charge in [-0.2, -0.15) is 0 Å². The fourth-order valence-corrected chi connectivity index (χ4v) is 4.79. The number of thiophene rings is 1. The first-order valence-corrected chi connectivity index (χ1v) is 11.0. The van der Waals surface area contributed by atoms with Crippen LogP contribution in [-0.4, -0.2) is 58.9 Å².